The van der Waals surface area contributed by atoms with E-state index in [9.17, 15) is 4.79 Å². The van der Waals surface area contributed by atoms with E-state index in [1.165, 1.54) is 0 Å². The van der Waals surface area contributed by atoms with Crippen LogP contribution >= 0.6 is 0 Å². The molecule has 0 bridgehead atoms. The van der Waals surface area contributed by atoms with E-state index in [-0.39, 0.29) is 6.03 Å². The Hall–Kier alpha value is -0.770. The molecular formula is C10H23N3O. The molecule has 0 aromatic carbocycles. The number of hydrogen-bond donors (Lipinski definition) is 2. The maximum Gasteiger partial charge on any atom is 0.314 e. The Morgan fingerprint density at radius 1 is 1.21 bits per heavy atom. The summed E-state index contributed by atoms with van der Waals surface area (Å²) in [6.07, 6.45) is 1.03. The normalized spacial score (nSPS) is 10.7. The SMILES string of the molecule is CC(C)CCNC(=O)NCCN(C)C. The lowest BCUT2D eigenvalue weighted by molar-refractivity contribution is 0.239. The highest BCUT2D eigenvalue weighted by Gasteiger charge is 1.99. The van der Waals surface area contributed by atoms with Crippen molar-refractivity contribution < 1.29 is 4.79 Å². The van der Waals surface area contributed by atoms with E-state index < -0.39 is 0 Å². The van der Waals surface area contributed by atoms with Crippen molar-refractivity contribution in [2.45, 2.75) is 20.3 Å². The van der Waals surface area contributed by atoms with Crippen molar-refractivity contribution in [3.05, 3.63) is 0 Å². The van der Waals surface area contributed by atoms with Gasteiger partial charge in [0, 0.05) is 19.6 Å². The minimum absolute atomic E-state index is 0.0625. The van der Waals surface area contributed by atoms with Crippen LogP contribution in [0.3, 0.4) is 0 Å². The van der Waals surface area contributed by atoms with Crippen LogP contribution in [0.25, 0.3) is 0 Å². The predicted octanol–water partition coefficient (Wildman–Crippen LogP) is 0.893. The van der Waals surface area contributed by atoms with Crippen LogP contribution in [0.5, 0.6) is 0 Å². The summed E-state index contributed by atoms with van der Waals surface area (Å²) >= 11 is 0. The van der Waals surface area contributed by atoms with Gasteiger partial charge in [-0.05, 0) is 26.4 Å². The molecule has 0 aliphatic carbocycles. The first-order valence-corrected chi connectivity index (χ1v) is 5.18. The summed E-state index contributed by atoms with van der Waals surface area (Å²) in [5.74, 6) is 0.636. The second-order valence-corrected chi connectivity index (χ2v) is 4.17. The fourth-order valence-corrected chi connectivity index (χ4v) is 0.930. The fourth-order valence-electron chi connectivity index (χ4n) is 0.930. The molecule has 4 heteroatoms. The van der Waals surface area contributed by atoms with E-state index in [0.717, 1.165) is 19.5 Å². The standard InChI is InChI=1S/C10H23N3O/c1-9(2)5-6-11-10(14)12-7-8-13(3)4/h9H,5-8H2,1-4H3,(H2,11,12,14). The van der Waals surface area contributed by atoms with Crippen LogP contribution in [0.1, 0.15) is 20.3 Å². The van der Waals surface area contributed by atoms with Crippen molar-refractivity contribution in [3.8, 4) is 0 Å². The summed E-state index contributed by atoms with van der Waals surface area (Å²) in [7, 11) is 3.97. The first kappa shape index (κ1) is 13.2. The average Bonchev–Trinajstić information content (AvgIpc) is 2.02. The van der Waals surface area contributed by atoms with E-state index in [1.807, 2.05) is 19.0 Å². The van der Waals surface area contributed by atoms with Gasteiger partial charge in [-0.1, -0.05) is 13.8 Å². The molecule has 0 aromatic heterocycles. The van der Waals surface area contributed by atoms with E-state index in [1.54, 1.807) is 0 Å². The first-order valence-electron chi connectivity index (χ1n) is 5.18. The molecule has 0 saturated carbocycles. The van der Waals surface area contributed by atoms with Crippen LogP contribution < -0.4 is 10.6 Å². The highest BCUT2D eigenvalue weighted by atomic mass is 16.2. The lowest BCUT2D eigenvalue weighted by atomic mass is 10.1. The van der Waals surface area contributed by atoms with Crippen molar-refractivity contribution in [2.24, 2.45) is 5.92 Å². The van der Waals surface area contributed by atoms with Crippen LogP contribution in [-0.2, 0) is 0 Å². The van der Waals surface area contributed by atoms with Gasteiger partial charge in [-0.2, -0.15) is 0 Å². The summed E-state index contributed by atoms with van der Waals surface area (Å²) in [5, 5.41) is 5.62. The van der Waals surface area contributed by atoms with Gasteiger partial charge in [-0.3, -0.25) is 0 Å². The zero-order valence-electron chi connectivity index (χ0n) is 9.76. The molecule has 0 saturated heterocycles. The summed E-state index contributed by atoms with van der Waals surface area (Å²) in [6, 6.07) is -0.0625. The average molecular weight is 201 g/mol. The smallest absolute Gasteiger partial charge is 0.314 e. The van der Waals surface area contributed by atoms with Gasteiger partial charge in [0.05, 0.1) is 0 Å². The molecular weight excluding hydrogens is 178 g/mol. The maximum atomic E-state index is 11.2. The number of urea groups is 1. The Bertz CT molecular complexity index is 141. The highest BCUT2D eigenvalue weighted by molar-refractivity contribution is 5.73. The zero-order valence-corrected chi connectivity index (χ0v) is 9.76. The molecule has 0 radical (unpaired) electrons. The zero-order chi connectivity index (χ0) is 11.0. The van der Waals surface area contributed by atoms with Gasteiger partial charge in [0.25, 0.3) is 0 Å². The Labute approximate surface area is 87.0 Å². The number of carbonyl (C=O) groups is 1. The topological polar surface area (TPSA) is 44.4 Å². The number of nitrogens with one attached hydrogen (secondary N) is 2. The summed E-state index contributed by atoms with van der Waals surface area (Å²) in [5.41, 5.74) is 0. The number of nitrogens with zero attached hydrogens (tertiary/aromatic N) is 1. The molecule has 2 amide bonds. The molecule has 84 valence electrons. The van der Waals surface area contributed by atoms with E-state index in [4.69, 9.17) is 0 Å². The summed E-state index contributed by atoms with van der Waals surface area (Å²) < 4.78 is 0. The second-order valence-electron chi connectivity index (χ2n) is 4.17. The largest absolute Gasteiger partial charge is 0.338 e. The maximum absolute atomic E-state index is 11.2. The van der Waals surface area contributed by atoms with Crippen LogP contribution in [-0.4, -0.2) is 44.7 Å². The molecule has 0 atom stereocenters. The molecule has 0 aliphatic rings. The number of carbonyl (C=O) groups excluding carboxylic acids is 1. The van der Waals surface area contributed by atoms with Crippen molar-refractivity contribution in [2.75, 3.05) is 33.7 Å². The lowest BCUT2D eigenvalue weighted by Crippen LogP contribution is -2.39. The molecule has 0 unspecified atom stereocenters. The Morgan fingerprint density at radius 2 is 1.79 bits per heavy atom. The van der Waals surface area contributed by atoms with Crippen molar-refractivity contribution >= 4 is 6.03 Å². The van der Waals surface area contributed by atoms with E-state index in [2.05, 4.69) is 24.5 Å². The Morgan fingerprint density at radius 3 is 2.29 bits per heavy atom. The monoisotopic (exact) mass is 201 g/mol. The number of amides is 2. The van der Waals surface area contributed by atoms with E-state index >= 15 is 0 Å². The molecule has 14 heavy (non-hydrogen) atoms. The van der Waals surface area contributed by atoms with Gasteiger partial charge in [0.2, 0.25) is 0 Å². The lowest BCUT2D eigenvalue weighted by Gasteiger charge is -2.11. The van der Waals surface area contributed by atoms with Gasteiger partial charge in [-0.15, -0.1) is 0 Å². The summed E-state index contributed by atoms with van der Waals surface area (Å²) in [6.45, 7) is 6.61. The fraction of sp³-hybridized carbons (Fsp3) is 0.900. The number of likely N-dealkylation sites (N-methyl/N-ethyl adjacent to an activating group) is 1. The van der Waals surface area contributed by atoms with Crippen LogP contribution in [0.4, 0.5) is 4.79 Å². The van der Waals surface area contributed by atoms with Gasteiger partial charge < -0.3 is 15.5 Å². The molecule has 0 heterocycles. The molecule has 0 spiro atoms. The number of rotatable bonds is 6. The van der Waals surface area contributed by atoms with Crippen molar-refractivity contribution in [1.82, 2.24) is 15.5 Å². The van der Waals surface area contributed by atoms with Gasteiger partial charge in [0.15, 0.2) is 0 Å². The Balaban J connectivity index is 3.28. The quantitative estimate of drug-likeness (QED) is 0.670. The minimum atomic E-state index is -0.0625. The molecule has 0 aliphatic heterocycles. The van der Waals surface area contributed by atoms with Crippen molar-refractivity contribution in [3.63, 3.8) is 0 Å². The van der Waals surface area contributed by atoms with E-state index in [0.29, 0.717) is 12.5 Å². The van der Waals surface area contributed by atoms with Crippen molar-refractivity contribution in [1.29, 1.82) is 0 Å². The first-order chi connectivity index (χ1) is 6.52. The number of hydrogen-bond acceptors (Lipinski definition) is 2. The molecule has 0 aromatic rings. The van der Waals surface area contributed by atoms with Gasteiger partial charge in [0.1, 0.15) is 0 Å². The van der Waals surface area contributed by atoms with Crippen LogP contribution in [0.15, 0.2) is 0 Å². The van der Waals surface area contributed by atoms with Crippen LogP contribution in [0, 0.1) is 5.92 Å². The third-order valence-electron chi connectivity index (χ3n) is 1.85. The molecule has 0 rings (SSSR count). The Kier molecular flexibility index (Phi) is 7.20. The molecule has 4 nitrogen and oxygen atoms in total. The molecule has 0 fully saturated rings. The predicted molar refractivity (Wildman–Crippen MR) is 59.4 cm³/mol. The third-order valence-corrected chi connectivity index (χ3v) is 1.85. The minimum Gasteiger partial charge on any atom is -0.338 e. The molecule has 2 N–H and O–H groups in total. The summed E-state index contributed by atoms with van der Waals surface area (Å²) in [4.78, 5) is 13.2. The van der Waals surface area contributed by atoms with Crippen LogP contribution in [0.2, 0.25) is 0 Å². The second kappa shape index (κ2) is 7.62. The highest BCUT2D eigenvalue weighted by Crippen LogP contribution is 1.95. The van der Waals surface area contributed by atoms with Gasteiger partial charge >= 0.3 is 6.03 Å². The third kappa shape index (κ3) is 9.32. The van der Waals surface area contributed by atoms with Gasteiger partial charge in [-0.25, -0.2) is 4.79 Å².